The highest BCUT2D eigenvalue weighted by molar-refractivity contribution is 7.99. The third kappa shape index (κ3) is 4.33. The number of aryl methyl sites for hydroxylation is 3. The Morgan fingerprint density at radius 1 is 1.33 bits per heavy atom. The molecule has 1 aliphatic rings. The van der Waals surface area contributed by atoms with E-state index in [9.17, 15) is 9.59 Å². The van der Waals surface area contributed by atoms with Gasteiger partial charge in [0.2, 0.25) is 5.91 Å². The monoisotopic (exact) mass is 462 g/mol. The quantitative estimate of drug-likeness (QED) is 0.548. The first-order chi connectivity index (χ1) is 14.4. The maximum absolute atomic E-state index is 12.6. The number of H-pyrrole nitrogens is 1. The molecule has 0 saturated heterocycles. The number of aromatic amines is 1. The summed E-state index contributed by atoms with van der Waals surface area (Å²) in [6.07, 6.45) is 4.46. The van der Waals surface area contributed by atoms with Crippen LogP contribution in [0.1, 0.15) is 53.5 Å². The van der Waals surface area contributed by atoms with Crippen LogP contribution in [0, 0.1) is 19.8 Å². The van der Waals surface area contributed by atoms with Gasteiger partial charge in [-0.15, -0.1) is 34.4 Å². The number of carbonyl (C=O) groups is 1. The van der Waals surface area contributed by atoms with Gasteiger partial charge >= 0.3 is 0 Å². The summed E-state index contributed by atoms with van der Waals surface area (Å²) in [7, 11) is 0. The smallest absolute Gasteiger partial charge is 0.259 e. The molecule has 6 nitrogen and oxygen atoms in total. The number of thioether (sulfide) groups is 1. The summed E-state index contributed by atoms with van der Waals surface area (Å²) in [4.78, 5) is 40.3. The molecule has 2 unspecified atom stereocenters. The van der Waals surface area contributed by atoms with Crippen molar-refractivity contribution in [1.82, 2.24) is 15.0 Å². The molecule has 160 valence electrons. The van der Waals surface area contributed by atoms with Gasteiger partial charge in [-0.2, -0.15) is 0 Å². The lowest BCUT2D eigenvalue weighted by molar-refractivity contribution is -0.115. The Balaban J connectivity index is 1.38. The molecule has 4 rings (SSSR count). The summed E-state index contributed by atoms with van der Waals surface area (Å²) >= 11 is 4.61. The number of hydrogen-bond donors (Lipinski definition) is 2. The molecule has 0 aromatic carbocycles. The molecule has 9 heteroatoms. The normalized spacial score (nSPS) is 17.1. The van der Waals surface area contributed by atoms with Crippen molar-refractivity contribution in [2.75, 3.05) is 5.32 Å². The minimum atomic E-state index is -0.276. The minimum absolute atomic E-state index is 0.0654. The van der Waals surface area contributed by atoms with E-state index in [0.717, 1.165) is 39.7 Å². The number of hydrogen-bond acceptors (Lipinski definition) is 7. The van der Waals surface area contributed by atoms with Gasteiger partial charge in [0.05, 0.1) is 22.1 Å². The number of amides is 1. The van der Waals surface area contributed by atoms with Crippen LogP contribution in [0.3, 0.4) is 0 Å². The number of anilines is 1. The van der Waals surface area contributed by atoms with Crippen molar-refractivity contribution < 1.29 is 4.79 Å². The fourth-order valence-electron chi connectivity index (χ4n) is 3.70. The van der Waals surface area contributed by atoms with E-state index >= 15 is 0 Å². The molecule has 0 radical (unpaired) electrons. The molecule has 1 aliphatic carbocycles. The molecule has 1 amide bonds. The van der Waals surface area contributed by atoms with E-state index in [2.05, 4.69) is 27.2 Å². The molecule has 0 spiro atoms. The first-order valence-corrected chi connectivity index (χ1v) is 12.9. The molecule has 0 fully saturated rings. The van der Waals surface area contributed by atoms with Crippen molar-refractivity contribution >= 4 is 55.7 Å². The van der Waals surface area contributed by atoms with Crippen LogP contribution in [0.5, 0.6) is 0 Å². The van der Waals surface area contributed by atoms with Crippen molar-refractivity contribution in [1.29, 1.82) is 0 Å². The second kappa shape index (κ2) is 8.80. The summed E-state index contributed by atoms with van der Waals surface area (Å²) in [6.45, 7) is 8.06. The lowest BCUT2D eigenvalue weighted by Crippen LogP contribution is -2.23. The third-order valence-electron chi connectivity index (χ3n) is 5.78. The Bertz CT molecular complexity index is 1150. The zero-order chi connectivity index (χ0) is 21.4. The molecule has 0 saturated carbocycles. The first-order valence-electron chi connectivity index (χ1n) is 10.3. The van der Waals surface area contributed by atoms with Crippen LogP contribution in [0.25, 0.3) is 10.2 Å². The number of nitrogens with one attached hydrogen (secondary N) is 2. The van der Waals surface area contributed by atoms with Crippen molar-refractivity contribution in [3.05, 3.63) is 37.2 Å². The number of carbonyl (C=O) groups excluding carboxylic acids is 1. The van der Waals surface area contributed by atoms with Gasteiger partial charge in [-0.1, -0.05) is 13.3 Å². The van der Waals surface area contributed by atoms with Crippen LogP contribution in [0.4, 0.5) is 5.13 Å². The van der Waals surface area contributed by atoms with E-state index in [1.54, 1.807) is 11.3 Å². The van der Waals surface area contributed by atoms with Crippen molar-refractivity contribution in [3.63, 3.8) is 0 Å². The van der Waals surface area contributed by atoms with E-state index in [0.29, 0.717) is 22.1 Å². The Hall–Kier alpha value is -1.71. The van der Waals surface area contributed by atoms with Crippen LogP contribution >= 0.6 is 34.4 Å². The highest BCUT2D eigenvalue weighted by Crippen LogP contribution is 2.34. The lowest BCUT2D eigenvalue weighted by atomic mass is 9.89. The molecular weight excluding hydrogens is 436 g/mol. The Labute approximate surface area is 187 Å². The SMILES string of the molecule is CCC1CCc2nc(NC(=O)C(C)SCc3nc4sc(C)c(C)c4c(=O)[nH]3)sc2C1. The van der Waals surface area contributed by atoms with E-state index in [-0.39, 0.29) is 16.7 Å². The average Bonchev–Trinajstić information content (AvgIpc) is 3.25. The third-order valence-corrected chi connectivity index (χ3v) is 9.07. The molecular formula is C21H26N4O2S3. The van der Waals surface area contributed by atoms with Gasteiger partial charge < -0.3 is 10.3 Å². The molecule has 3 aromatic rings. The largest absolute Gasteiger partial charge is 0.309 e. The number of nitrogens with zero attached hydrogens (tertiary/aromatic N) is 2. The zero-order valence-corrected chi connectivity index (χ0v) is 20.1. The fraction of sp³-hybridized carbons (Fsp3) is 0.524. The predicted molar refractivity (Wildman–Crippen MR) is 127 cm³/mol. The topological polar surface area (TPSA) is 87.7 Å². The van der Waals surface area contributed by atoms with Crippen LogP contribution in [-0.2, 0) is 23.4 Å². The van der Waals surface area contributed by atoms with Crippen LogP contribution in [-0.4, -0.2) is 26.1 Å². The Morgan fingerprint density at radius 2 is 2.13 bits per heavy atom. The summed E-state index contributed by atoms with van der Waals surface area (Å²) in [5, 5.41) is 4.08. The molecule has 3 heterocycles. The molecule has 2 atom stereocenters. The van der Waals surface area contributed by atoms with Crippen molar-refractivity contribution in [2.24, 2.45) is 5.92 Å². The van der Waals surface area contributed by atoms with Gasteiger partial charge in [0, 0.05) is 9.75 Å². The van der Waals surface area contributed by atoms with Crippen LogP contribution in [0.2, 0.25) is 0 Å². The van der Waals surface area contributed by atoms with Crippen molar-refractivity contribution in [3.8, 4) is 0 Å². The number of thiophene rings is 1. The van der Waals surface area contributed by atoms with Gasteiger partial charge in [-0.3, -0.25) is 9.59 Å². The molecule has 30 heavy (non-hydrogen) atoms. The zero-order valence-electron chi connectivity index (χ0n) is 17.6. The number of aromatic nitrogens is 3. The maximum atomic E-state index is 12.6. The Kier molecular flexibility index (Phi) is 6.31. The average molecular weight is 463 g/mol. The molecule has 3 aromatic heterocycles. The summed E-state index contributed by atoms with van der Waals surface area (Å²) in [5.41, 5.74) is 2.04. The van der Waals surface area contributed by atoms with E-state index in [4.69, 9.17) is 0 Å². The van der Waals surface area contributed by atoms with Gasteiger partial charge in [0.15, 0.2) is 5.13 Å². The van der Waals surface area contributed by atoms with Crippen LogP contribution in [0.15, 0.2) is 4.79 Å². The van der Waals surface area contributed by atoms with Gasteiger partial charge in [-0.25, -0.2) is 9.97 Å². The summed E-state index contributed by atoms with van der Waals surface area (Å²) in [5.74, 6) is 1.75. The summed E-state index contributed by atoms with van der Waals surface area (Å²) < 4.78 is 0. The predicted octanol–water partition coefficient (Wildman–Crippen LogP) is 4.83. The lowest BCUT2D eigenvalue weighted by Gasteiger charge is -2.18. The fourth-order valence-corrected chi connectivity index (χ4v) is 6.63. The van der Waals surface area contributed by atoms with Crippen molar-refractivity contribution in [2.45, 2.75) is 64.4 Å². The maximum Gasteiger partial charge on any atom is 0.259 e. The van der Waals surface area contributed by atoms with Gasteiger partial charge in [0.25, 0.3) is 5.56 Å². The number of thiazole rings is 1. The van der Waals surface area contributed by atoms with E-state index < -0.39 is 0 Å². The molecule has 2 N–H and O–H groups in total. The van der Waals surface area contributed by atoms with E-state index in [1.165, 1.54) is 40.8 Å². The Morgan fingerprint density at radius 3 is 2.90 bits per heavy atom. The molecule has 0 aliphatic heterocycles. The minimum Gasteiger partial charge on any atom is -0.309 e. The standard InChI is InChI=1S/C21H26N4O2S3/c1-5-13-6-7-14-15(8-13)30-21(22-14)25-18(26)12(4)28-9-16-23-19(27)17-10(2)11(3)29-20(17)24-16/h12-13H,5-9H2,1-4H3,(H,22,25,26)(H,23,24,27). The first kappa shape index (κ1) is 21.5. The molecule has 0 bridgehead atoms. The number of rotatable bonds is 6. The summed E-state index contributed by atoms with van der Waals surface area (Å²) in [6, 6.07) is 0. The second-order valence-corrected chi connectivity index (χ2v) is 11.4. The number of fused-ring (bicyclic) bond motifs is 2. The second-order valence-electron chi connectivity index (χ2n) is 7.82. The van der Waals surface area contributed by atoms with Gasteiger partial charge in [0.1, 0.15) is 10.7 Å². The van der Waals surface area contributed by atoms with Crippen LogP contribution < -0.4 is 10.9 Å². The highest BCUT2D eigenvalue weighted by atomic mass is 32.2. The van der Waals surface area contributed by atoms with E-state index in [1.807, 2.05) is 20.8 Å². The highest BCUT2D eigenvalue weighted by Gasteiger charge is 2.23. The van der Waals surface area contributed by atoms with Gasteiger partial charge in [-0.05, 0) is 51.5 Å².